The fourth-order valence-electron chi connectivity index (χ4n) is 2.76. The first-order chi connectivity index (χ1) is 14.8. The zero-order valence-corrected chi connectivity index (χ0v) is 17.7. The highest BCUT2D eigenvalue weighted by atomic mass is 35.5. The quantitative estimate of drug-likeness (QED) is 0.459. The highest BCUT2D eigenvalue weighted by Crippen LogP contribution is 2.28. The summed E-state index contributed by atoms with van der Waals surface area (Å²) in [7, 11) is -3.96. The summed E-state index contributed by atoms with van der Waals surface area (Å²) in [6.07, 6.45) is 0.537. The molecule has 0 unspecified atom stereocenters. The monoisotopic (exact) mass is 455 g/mol. The van der Waals surface area contributed by atoms with Crippen LogP contribution in [-0.4, -0.2) is 19.4 Å². The van der Waals surface area contributed by atoms with Crippen molar-refractivity contribution in [1.82, 2.24) is 0 Å². The molecule has 0 saturated heterocycles. The molecule has 3 N–H and O–H groups in total. The molecule has 158 valence electrons. The third kappa shape index (κ3) is 5.98. The lowest BCUT2D eigenvalue weighted by atomic mass is 10.1. The van der Waals surface area contributed by atoms with Crippen molar-refractivity contribution >= 4 is 38.9 Å². The van der Waals surface area contributed by atoms with Gasteiger partial charge in [-0.25, -0.2) is 8.42 Å². The number of aryl methyl sites for hydroxylation is 1. The van der Waals surface area contributed by atoms with Crippen LogP contribution in [0.4, 0.5) is 11.4 Å². The number of hydrogen-bond acceptors (Lipinski definition) is 5. The van der Waals surface area contributed by atoms with Gasteiger partial charge in [0.1, 0.15) is 5.75 Å². The molecule has 0 heterocycles. The van der Waals surface area contributed by atoms with E-state index in [1.807, 2.05) is 6.07 Å². The summed E-state index contributed by atoms with van der Waals surface area (Å²) >= 11 is 5.88. The maximum atomic E-state index is 12.7. The molecular weight excluding hydrogens is 438 g/mol. The molecule has 3 aromatic carbocycles. The number of phenolic OH excluding ortho intramolecular Hbond substituents is 1. The number of sulfonamides is 1. The van der Waals surface area contributed by atoms with Gasteiger partial charge in [-0.1, -0.05) is 29.8 Å². The molecule has 0 aliphatic rings. The summed E-state index contributed by atoms with van der Waals surface area (Å²) in [5.74, 6) is -0.648. The number of carbonyl (C=O) groups excluding carboxylic acids is 1. The average molecular weight is 456 g/mol. The van der Waals surface area contributed by atoms with Crippen LogP contribution in [0.2, 0.25) is 5.02 Å². The molecule has 3 aromatic rings. The van der Waals surface area contributed by atoms with E-state index in [0.29, 0.717) is 17.0 Å². The predicted octanol–water partition coefficient (Wildman–Crippen LogP) is 4.29. The van der Waals surface area contributed by atoms with E-state index >= 15 is 0 Å². The first kappa shape index (κ1) is 22.2. The van der Waals surface area contributed by atoms with E-state index in [-0.39, 0.29) is 28.4 Å². The van der Waals surface area contributed by atoms with E-state index in [4.69, 9.17) is 16.9 Å². The standard InChI is InChI=1S/C22H18ClN3O4S/c23-17-2-1-3-18(12-17)26-31(29,30)19-9-10-21(27)20(13-19)25-22(28)11-8-15-4-6-16(14-24)7-5-15/h1-7,9-10,12-13,26-27H,8,11H2,(H,25,28). The average Bonchev–Trinajstić information content (AvgIpc) is 2.74. The Morgan fingerprint density at radius 3 is 2.48 bits per heavy atom. The largest absolute Gasteiger partial charge is 0.506 e. The summed E-state index contributed by atoms with van der Waals surface area (Å²) in [6.45, 7) is 0. The normalized spacial score (nSPS) is 10.8. The number of nitrogens with zero attached hydrogens (tertiary/aromatic N) is 1. The topological polar surface area (TPSA) is 119 Å². The van der Waals surface area contributed by atoms with Crippen molar-refractivity contribution < 1.29 is 18.3 Å². The van der Waals surface area contributed by atoms with Crippen molar-refractivity contribution in [3.63, 3.8) is 0 Å². The van der Waals surface area contributed by atoms with Gasteiger partial charge in [0, 0.05) is 11.4 Å². The van der Waals surface area contributed by atoms with Crippen molar-refractivity contribution in [3.8, 4) is 11.8 Å². The molecule has 0 aliphatic heterocycles. The van der Waals surface area contributed by atoms with E-state index in [2.05, 4.69) is 10.0 Å². The molecule has 1 amide bonds. The summed E-state index contributed by atoms with van der Waals surface area (Å²) in [5.41, 5.74) is 1.68. The van der Waals surface area contributed by atoms with Gasteiger partial charge in [0.15, 0.2) is 0 Å². The number of halogens is 1. The van der Waals surface area contributed by atoms with Crippen molar-refractivity contribution in [2.45, 2.75) is 17.7 Å². The van der Waals surface area contributed by atoms with Gasteiger partial charge < -0.3 is 10.4 Å². The number of benzene rings is 3. The number of anilines is 2. The van der Waals surface area contributed by atoms with Gasteiger partial charge in [0.2, 0.25) is 5.91 Å². The summed E-state index contributed by atoms with van der Waals surface area (Å²) < 4.78 is 27.7. The van der Waals surface area contributed by atoms with Crippen LogP contribution in [0, 0.1) is 11.3 Å². The second-order valence-corrected chi connectivity index (χ2v) is 8.77. The van der Waals surface area contributed by atoms with Gasteiger partial charge in [0.25, 0.3) is 10.0 Å². The van der Waals surface area contributed by atoms with Crippen molar-refractivity contribution in [1.29, 1.82) is 5.26 Å². The number of hydrogen-bond donors (Lipinski definition) is 3. The van der Waals surface area contributed by atoms with Crippen molar-refractivity contribution in [2.24, 2.45) is 0 Å². The van der Waals surface area contributed by atoms with E-state index in [1.165, 1.54) is 24.3 Å². The molecule has 9 heteroatoms. The Hall–Kier alpha value is -3.54. The van der Waals surface area contributed by atoms with Crippen LogP contribution < -0.4 is 10.0 Å². The Balaban J connectivity index is 1.69. The van der Waals surface area contributed by atoms with Crippen molar-refractivity contribution in [2.75, 3.05) is 10.0 Å². The fraction of sp³-hybridized carbons (Fsp3) is 0.0909. The van der Waals surface area contributed by atoms with E-state index in [0.717, 1.165) is 5.56 Å². The molecule has 0 radical (unpaired) electrons. The number of aromatic hydroxyl groups is 1. The highest BCUT2D eigenvalue weighted by molar-refractivity contribution is 7.92. The molecule has 0 fully saturated rings. The van der Waals surface area contributed by atoms with Gasteiger partial charge in [-0.15, -0.1) is 0 Å². The third-order valence-electron chi connectivity index (χ3n) is 4.35. The van der Waals surface area contributed by atoms with Gasteiger partial charge in [0.05, 0.1) is 27.9 Å². The van der Waals surface area contributed by atoms with E-state index in [1.54, 1.807) is 42.5 Å². The van der Waals surface area contributed by atoms with E-state index < -0.39 is 15.9 Å². The molecule has 3 rings (SSSR count). The zero-order chi connectivity index (χ0) is 22.4. The Labute approximate surface area is 185 Å². The zero-order valence-electron chi connectivity index (χ0n) is 16.2. The van der Waals surface area contributed by atoms with Gasteiger partial charge in [-0.3, -0.25) is 9.52 Å². The number of amides is 1. The molecule has 31 heavy (non-hydrogen) atoms. The van der Waals surface area contributed by atoms with Gasteiger partial charge in [-0.2, -0.15) is 5.26 Å². The number of nitriles is 1. The lowest BCUT2D eigenvalue weighted by Gasteiger charge is -2.12. The van der Waals surface area contributed by atoms with Gasteiger partial charge in [-0.05, 0) is 60.5 Å². The van der Waals surface area contributed by atoms with Crippen LogP contribution in [0.1, 0.15) is 17.5 Å². The Bertz CT molecular complexity index is 1250. The lowest BCUT2D eigenvalue weighted by Crippen LogP contribution is -2.15. The minimum atomic E-state index is -3.96. The third-order valence-corrected chi connectivity index (χ3v) is 5.97. The molecular formula is C22H18ClN3O4S. The van der Waals surface area contributed by atoms with Crippen LogP contribution in [-0.2, 0) is 21.2 Å². The molecule has 0 bridgehead atoms. The van der Waals surface area contributed by atoms with Crippen LogP contribution in [0.3, 0.4) is 0 Å². The number of phenols is 1. The summed E-state index contributed by atoms with van der Waals surface area (Å²) in [4.78, 5) is 12.2. The Morgan fingerprint density at radius 2 is 1.81 bits per heavy atom. The first-order valence-corrected chi connectivity index (χ1v) is 11.0. The molecule has 0 spiro atoms. The fourth-order valence-corrected chi connectivity index (χ4v) is 4.03. The lowest BCUT2D eigenvalue weighted by molar-refractivity contribution is -0.116. The van der Waals surface area contributed by atoms with E-state index in [9.17, 15) is 18.3 Å². The van der Waals surface area contributed by atoms with Crippen LogP contribution in [0.15, 0.2) is 71.6 Å². The molecule has 0 saturated carbocycles. The second-order valence-electron chi connectivity index (χ2n) is 6.65. The molecule has 7 nitrogen and oxygen atoms in total. The predicted molar refractivity (Wildman–Crippen MR) is 118 cm³/mol. The van der Waals surface area contributed by atoms with Crippen LogP contribution in [0.5, 0.6) is 5.75 Å². The molecule has 0 atom stereocenters. The SMILES string of the molecule is N#Cc1ccc(CCC(=O)Nc2cc(S(=O)(=O)Nc3cccc(Cl)c3)ccc2O)cc1. The maximum absolute atomic E-state index is 12.7. The first-order valence-electron chi connectivity index (χ1n) is 9.17. The summed E-state index contributed by atoms with van der Waals surface area (Å²) in [5, 5.41) is 21.8. The Kier molecular flexibility index (Phi) is 6.80. The van der Waals surface area contributed by atoms with Gasteiger partial charge >= 0.3 is 0 Å². The Morgan fingerprint density at radius 1 is 1.06 bits per heavy atom. The maximum Gasteiger partial charge on any atom is 0.261 e. The second kappa shape index (κ2) is 9.51. The smallest absolute Gasteiger partial charge is 0.261 e. The highest BCUT2D eigenvalue weighted by Gasteiger charge is 2.17. The van der Waals surface area contributed by atoms with Crippen LogP contribution >= 0.6 is 11.6 Å². The van der Waals surface area contributed by atoms with Crippen LogP contribution in [0.25, 0.3) is 0 Å². The minimum Gasteiger partial charge on any atom is -0.506 e. The molecule has 0 aromatic heterocycles. The number of carbonyl (C=O) groups is 1. The number of rotatable bonds is 7. The molecule has 0 aliphatic carbocycles. The summed E-state index contributed by atoms with van der Waals surface area (Å²) in [6, 6.07) is 18.7. The van der Waals surface area contributed by atoms with Crippen molar-refractivity contribution in [3.05, 3.63) is 82.9 Å². The number of nitrogens with one attached hydrogen (secondary N) is 2. The minimum absolute atomic E-state index is 0.0150.